The molecule has 0 aromatic heterocycles. The van der Waals surface area contributed by atoms with Gasteiger partial charge in [0.05, 0.1) is 5.41 Å². The Hall–Kier alpha value is -0.860. The van der Waals surface area contributed by atoms with Gasteiger partial charge in [-0.1, -0.05) is 33.6 Å². The van der Waals surface area contributed by atoms with Gasteiger partial charge in [-0.15, -0.1) is 0 Å². The lowest BCUT2D eigenvalue weighted by atomic mass is 9.75. The zero-order valence-electron chi connectivity index (χ0n) is 9.80. The van der Waals surface area contributed by atoms with Gasteiger partial charge >= 0.3 is 5.97 Å². The molecule has 1 fully saturated rings. The summed E-state index contributed by atoms with van der Waals surface area (Å²) < 4.78 is 0. The molecular weight excluding hydrogens is 192 g/mol. The van der Waals surface area contributed by atoms with Crippen molar-refractivity contribution in [1.82, 2.24) is 0 Å². The molecule has 0 heterocycles. The predicted octanol–water partition coefficient (Wildman–Crippen LogP) is 2.64. The first-order chi connectivity index (χ1) is 6.78. The maximum absolute atomic E-state index is 11.9. The second-order valence-electron chi connectivity index (χ2n) is 5.64. The van der Waals surface area contributed by atoms with E-state index in [2.05, 4.69) is 0 Å². The molecule has 15 heavy (non-hydrogen) atoms. The van der Waals surface area contributed by atoms with Gasteiger partial charge < -0.3 is 5.11 Å². The summed E-state index contributed by atoms with van der Waals surface area (Å²) in [6.07, 6.45) is 3.38. The molecular formula is C12H20O3. The smallest absolute Gasteiger partial charge is 0.310 e. The summed E-state index contributed by atoms with van der Waals surface area (Å²) >= 11 is 0. The highest BCUT2D eigenvalue weighted by molar-refractivity contribution is 5.89. The van der Waals surface area contributed by atoms with Gasteiger partial charge in [0.15, 0.2) is 0 Å². The minimum absolute atomic E-state index is 0.0619. The summed E-state index contributed by atoms with van der Waals surface area (Å²) in [7, 11) is 0. The Labute approximate surface area is 90.9 Å². The van der Waals surface area contributed by atoms with E-state index in [4.69, 9.17) is 0 Å². The van der Waals surface area contributed by atoms with E-state index in [0.717, 1.165) is 12.8 Å². The van der Waals surface area contributed by atoms with Gasteiger partial charge in [-0.05, 0) is 12.8 Å². The van der Waals surface area contributed by atoms with Gasteiger partial charge in [-0.3, -0.25) is 9.59 Å². The first-order valence-electron chi connectivity index (χ1n) is 5.55. The number of ketones is 1. The minimum Gasteiger partial charge on any atom is -0.481 e. The molecule has 0 radical (unpaired) electrons. The summed E-state index contributed by atoms with van der Waals surface area (Å²) in [6.45, 7) is 5.54. The number of rotatable bonds is 3. The molecule has 1 rings (SSSR count). The van der Waals surface area contributed by atoms with Crippen molar-refractivity contribution in [1.29, 1.82) is 0 Å². The SMILES string of the molecule is CC(C)(C)C(=O)CC1(C(=O)O)CCCC1. The van der Waals surface area contributed by atoms with E-state index >= 15 is 0 Å². The van der Waals surface area contributed by atoms with E-state index in [0.29, 0.717) is 12.8 Å². The third-order valence-electron chi connectivity index (χ3n) is 3.35. The van der Waals surface area contributed by atoms with Crippen LogP contribution in [0.15, 0.2) is 0 Å². The number of carbonyl (C=O) groups excluding carboxylic acids is 1. The average molecular weight is 212 g/mol. The largest absolute Gasteiger partial charge is 0.481 e. The quantitative estimate of drug-likeness (QED) is 0.782. The summed E-state index contributed by atoms with van der Waals surface area (Å²) in [5, 5.41) is 9.23. The fraction of sp³-hybridized carbons (Fsp3) is 0.833. The van der Waals surface area contributed by atoms with Crippen molar-refractivity contribution in [3.8, 4) is 0 Å². The molecule has 3 nitrogen and oxygen atoms in total. The predicted molar refractivity (Wildman–Crippen MR) is 57.6 cm³/mol. The molecule has 0 aliphatic heterocycles. The van der Waals surface area contributed by atoms with E-state index in [9.17, 15) is 14.7 Å². The lowest BCUT2D eigenvalue weighted by molar-refractivity contribution is -0.152. The molecule has 1 aliphatic carbocycles. The van der Waals surface area contributed by atoms with Crippen molar-refractivity contribution >= 4 is 11.8 Å². The summed E-state index contributed by atoms with van der Waals surface area (Å²) in [6, 6.07) is 0. The minimum atomic E-state index is -0.794. The van der Waals surface area contributed by atoms with E-state index in [-0.39, 0.29) is 12.2 Å². The third kappa shape index (κ3) is 2.58. The Morgan fingerprint density at radius 2 is 1.67 bits per heavy atom. The molecule has 3 heteroatoms. The van der Waals surface area contributed by atoms with Crippen molar-refractivity contribution < 1.29 is 14.7 Å². The molecule has 0 aromatic carbocycles. The Kier molecular flexibility index (Phi) is 3.22. The van der Waals surface area contributed by atoms with Crippen molar-refractivity contribution in [2.75, 3.05) is 0 Å². The van der Waals surface area contributed by atoms with Crippen molar-refractivity contribution in [2.45, 2.75) is 52.9 Å². The summed E-state index contributed by atoms with van der Waals surface area (Å²) in [5.41, 5.74) is -1.19. The topological polar surface area (TPSA) is 54.4 Å². The monoisotopic (exact) mass is 212 g/mol. The van der Waals surface area contributed by atoms with Crippen LogP contribution >= 0.6 is 0 Å². The molecule has 1 saturated carbocycles. The second kappa shape index (κ2) is 3.95. The number of carboxylic acid groups (broad SMARTS) is 1. The molecule has 86 valence electrons. The van der Waals surface area contributed by atoms with E-state index < -0.39 is 16.8 Å². The lowest BCUT2D eigenvalue weighted by Gasteiger charge is -2.27. The summed E-state index contributed by atoms with van der Waals surface area (Å²) in [4.78, 5) is 23.1. The number of hydrogen-bond acceptors (Lipinski definition) is 2. The molecule has 0 spiro atoms. The molecule has 0 bridgehead atoms. The van der Waals surface area contributed by atoms with E-state index in [1.165, 1.54) is 0 Å². The Morgan fingerprint density at radius 3 is 2.00 bits per heavy atom. The lowest BCUT2D eigenvalue weighted by Crippen LogP contribution is -2.34. The zero-order valence-corrected chi connectivity index (χ0v) is 9.80. The van der Waals surface area contributed by atoms with Crippen LogP contribution in [0.1, 0.15) is 52.9 Å². The van der Waals surface area contributed by atoms with E-state index in [1.54, 1.807) is 0 Å². The van der Waals surface area contributed by atoms with Crippen LogP contribution in [0.4, 0.5) is 0 Å². The normalized spacial score (nSPS) is 20.2. The standard InChI is InChI=1S/C12H20O3/c1-11(2,3)9(13)8-12(10(14)15)6-4-5-7-12/h4-8H2,1-3H3,(H,14,15). The maximum atomic E-state index is 11.9. The first-order valence-corrected chi connectivity index (χ1v) is 5.55. The highest BCUT2D eigenvalue weighted by Crippen LogP contribution is 2.43. The van der Waals surface area contributed by atoms with Crippen LogP contribution in [-0.2, 0) is 9.59 Å². The molecule has 0 unspecified atom stereocenters. The zero-order chi connectivity index (χ0) is 11.7. The van der Waals surface area contributed by atoms with Crippen LogP contribution in [0.2, 0.25) is 0 Å². The fourth-order valence-electron chi connectivity index (χ4n) is 2.09. The Bertz CT molecular complexity index is 267. The molecule has 1 N–H and O–H groups in total. The fourth-order valence-corrected chi connectivity index (χ4v) is 2.09. The van der Waals surface area contributed by atoms with Gasteiger partial charge in [0.1, 0.15) is 5.78 Å². The molecule has 1 aliphatic rings. The molecule has 0 amide bonds. The number of hydrogen-bond donors (Lipinski definition) is 1. The highest BCUT2D eigenvalue weighted by atomic mass is 16.4. The van der Waals surface area contributed by atoms with Gasteiger partial charge in [-0.2, -0.15) is 0 Å². The number of Topliss-reactive ketones (excluding diaryl/α,β-unsaturated/α-hetero) is 1. The van der Waals surface area contributed by atoms with Crippen LogP contribution in [0.25, 0.3) is 0 Å². The Morgan fingerprint density at radius 1 is 1.20 bits per heavy atom. The van der Waals surface area contributed by atoms with E-state index in [1.807, 2.05) is 20.8 Å². The number of aliphatic carboxylic acids is 1. The number of carbonyl (C=O) groups is 2. The van der Waals surface area contributed by atoms with Crippen LogP contribution in [0.3, 0.4) is 0 Å². The van der Waals surface area contributed by atoms with Crippen LogP contribution in [-0.4, -0.2) is 16.9 Å². The van der Waals surface area contributed by atoms with Gasteiger partial charge in [0.25, 0.3) is 0 Å². The van der Waals surface area contributed by atoms with Crippen molar-refractivity contribution in [3.05, 3.63) is 0 Å². The summed E-state index contributed by atoms with van der Waals surface area (Å²) in [5.74, 6) is -0.732. The van der Waals surface area contributed by atoms with Crippen molar-refractivity contribution in [2.24, 2.45) is 10.8 Å². The van der Waals surface area contributed by atoms with Gasteiger partial charge in [0, 0.05) is 11.8 Å². The third-order valence-corrected chi connectivity index (χ3v) is 3.35. The number of carboxylic acids is 1. The van der Waals surface area contributed by atoms with Crippen LogP contribution in [0, 0.1) is 10.8 Å². The van der Waals surface area contributed by atoms with Crippen molar-refractivity contribution in [3.63, 3.8) is 0 Å². The molecule has 0 atom stereocenters. The average Bonchev–Trinajstić information content (AvgIpc) is 2.52. The first kappa shape index (κ1) is 12.2. The van der Waals surface area contributed by atoms with Gasteiger partial charge in [0.2, 0.25) is 0 Å². The van der Waals surface area contributed by atoms with Crippen LogP contribution < -0.4 is 0 Å². The second-order valence-corrected chi connectivity index (χ2v) is 5.64. The van der Waals surface area contributed by atoms with Gasteiger partial charge in [-0.25, -0.2) is 0 Å². The Balaban J connectivity index is 2.77. The maximum Gasteiger partial charge on any atom is 0.310 e. The molecule has 0 saturated heterocycles. The highest BCUT2D eigenvalue weighted by Gasteiger charge is 2.44. The van der Waals surface area contributed by atoms with Crippen LogP contribution in [0.5, 0.6) is 0 Å². The molecule has 0 aromatic rings.